The van der Waals surface area contributed by atoms with Crippen LogP contribution in [0, 0.1) is 24.5 Å². The monoisotopic (exact) mass is 507 g/mol. The number of phenolic OH excluding ortho intramolecular Hbond substituents is 1. The molecule has 7 heteroatoms. The van der Waals surface area contributed by atoms with E-state index >= 15 is 4.39 Å². The molecule has 5 nitrogen and oxygen atoms in total. The number of fused-ring (bicyclic) bond motifs is 1. The lowest BCUT2D eigenvalue weighted by Gasteiger charge is -2.36. The van der Waals surface area contributed by atoms with Gasteiger partial charge in [0.05, 0.1) is 5.69 Å². The van der Waals surface area contributed by atoms with Crippen LogP contribution in [0.15, 0.2) is 54.6 Å². The molecule has 3 aromatic rings. The molecule has 1 fully saturated rings. The van der Waals surface area contributed by atoms with Crippen molar-refractivity contribution in [1.82, 2.24) is 0 Å². The van der Waals surface area contributed by atoms with Crippen LogP contribution in [0.1, 0.15) is 35.1 Å². The minimum atomic E-state index is -0.306. The summed E-state index contributed by atoms with van der Waals surface area (Å²) in [4.78, 5) is 2.06. The zero-order chi connectivity index (χ0) is 26.1. The molecule has 2 aliphatic rings. The molecule has 0 spiro atoms. The summed E-state index contributed by atoms with van der Waals surface area (Å²) in [5, 5.41) is 9.99. The first-order valence-corrected chi connectivity index (χ1v) is 12.5. The van der Waals surface area contributed by atoms with Crippen molar-refractivity contribution < 1.29 is 28.1 Å². The lowest BCUT2D eigenvalue weighted by Crippen LogP contribution is -2.39. The number of piperidine rings is 1. The molecule has 0 atom stereocenters. The van der Waals surface area contributed by atoms with Gasteiger partial charge in [0.2, 0.25) is 0 Å². The van der Waals surface area contributed by atoms with Crippen molar-refractivity contribution in [3.63, 3.8) is 0 Å². The molecule has 0 bridgehead atoms. The summed E-state index contributed by atoms with van der Waals surface area (Å²) < 4.78 is 46.4. The standard InChI is InChI=1S/C30H31F2NO4/c1-18-14-20(4-8-25(18)31)24-17-37-28-16-22(34)6-7-23(28)29(24)21-5-9-27(26(32)15-21)33-12-10-19(11-13-33)30(35-2)36-3/h4-9,14-16,19,30,34H,10-13,17H2,1-3H3. The number of hydrogen-bond acceptors (Lipinski definition) is 5. The van der Waals surface area contributed by atoms with Crippen molar-refractivity contribution in [1.29, 1.82) is 0 Å². The number of methoxy groups -OCH3 is 2. The molecule has 0 radical (unpaired) electrons. The third-order valence-corrected chi connectivity index (χ3v) is 7.38. The minimum Gasteiger partial charge on any atom is -0.508 e. The van der Waals surface area contributed by atoms with Gasteiger partial charge in [0.25, 0.3) is 0 Å². The van der Waals surface area contributed by atoms with Crippen molar-refractivity contribution in [3.05, 3.63) is 88.5 Å². The Morgan fingerprint density at radius 1 is 0.919 bits per heavy atom. The van der Waals surface area contributed by atoms with Crippen LogP contribution in [-0.2, 0) is 9.47 Å². The molecule has 0 saturated carbocycles. The zero-order valence-corrected chi connectivity index (χ0v) is 21.3. The van der Waals surface area contributed by atoms with Crippen LogP contribution in [0.2, 0.25) is 0 Å². The van der Waals surface area contributed by atoms with Crippen molar-refractivity contribution >= 4 is 16.8 Å². The second-order valence-electron chi connectivity index (χ2n) is 9.62. The largest absolute Gasteiger partial charge is 0.508 e. The van der Waals surface area contributed by atoms with E-state index in [2.05, 4.69) is 4.90 Å². The number of aryl methyl sites for hydroxylation is 1. The van der Waals surface area contributed by atoms with Gasteiger partial charge in [0, 0.05) is 50.4 Å². The third-order valence-electron chi connectivity index (χ3n) is 7.38. The summed E-state index contributed by atoms with van der Waals surface area (Å²) >= 11 is 0. The normalized spacial score (nSPS) is 16.2. The Bertz CT molecular complexity index is 1330. The fourth-order valence-corrected chi connectivity index (χ4v) is 5.42. The van der Waals surface area contributed by atoms with Gasteiger partial charge in [0.1, 0.15) is 29.7 Å². The van der Waals surface area contributed by atoms with Crippen LogP contribution in [0.5, 0.6) is 11.5 Å². The topological polar surface area (TPSA) is 51.2 Å². The van der Waals surface area contributed by atoms with E-state index in [0.717, 1.165) is 35.1 Å². The van der Waals surface area contributed by atoms with E-state index in [1.165, 1.54) is 6.07 Å². The summed E-state index contributed by atoms with van der Waals surface area (Å²) in [7, 11) is 3.29. The molecule has 2 aliphatic heterocycles. The number of aromatic hydroxyl groups is 1. The maximum absolute atomic E-state index is 15.6. The van der Waals surface area contributed by atoms with E-state index in [1.54, 1.807) is 57.5 Å². The van der Waals surface area contributed by atoms with Gasteiger partial charge in [-0.05, 0) is 78.4 Å². The fraction of sp³-hybridized carbons (Fsp3) is 0.333. The summed E-state index contributed by atoms with van der Waals surface area (Å²) in [5.41, 5.74) is 4.98. The van der Waals surface area contributed by atoms with Gasteiger partial charge in [-0.1, -0.05) is 12.1 Å². The number of nitrogens with zero attached hydrogens (tertiary/aromatic N) is 1. The summed E-state index contributed by atoms with van der Waals surface area (Å²) in [6.07, 6.45) is 1.45. The highest BCUT2D eigenvalue weighted by Gasteiger charge is 2.29. The van der Waals surface area contributed by atoms with E-state index < -0.39 is 0 Å². The van der Waals surface area contributed by atoms with Gasteiger partial charge in [-0.15, -0.1) is 0 Å². The first kappa shape index (κ1) is 25.2. The molecular weight excluding hydrogens is 476 g/mol. The highest BCUT2D eigenvalue weighted by Crippen LogP contribution is 2.43. The second-order valence-corrected chi connectivity index (χ2v) is 9.62. The van der Waals surface area contributed by atoms with Crippen LogP contribution in [0.4, 0.5) is 14.5 Å². The molecule has 194 valence electrons. The Hall–Kier alpha value is -3.42. The Balaban J connectivity index is 1.52. The number of rotatable bonds is 6. The quantitative estimate of drug-likeness (QED) is 0.405. The van der Waals surface area contributed by atoms with E-state index in [1.807, 2.05) is 12.1 Å². The Morgan fingerprint density at radius 3 is 2.32 bits per heavy atom. The number of benzene rings is 3. The zero-order valence-electron chi connectivity index (χ0n) is 21.3. The Labute approximate surface area is 215 Å². The molecule has 0 unspecified atom stereocenters. The Morgan fingerprint density at radius 2 is 1.65 bits per heavy atom. The predicted molar refractivity (Wildman–Crippen MR) is 140 cm³/mol. The summed E-state index contributed by atoms with van der Waals surface area (Å²) in [5.74, 6) is 0.299. The van der Waals surface area contributed by atoms with Crippen molar-refractivity contribution in [3.8, 4) is 11.5 Å². The van der Waals surface area contributed by atoms with Gasteiger partial charge in [-0.3, -0.25) is 0 Å². The molecule has 0 aliphatic carbocycles. The highest BCUT2D eigenvalue weighted by atomic mass is 19.1. The van der Waals surface area contributed by atoms with Crippen LogP contribution in [-0.4, -0.2) is 45.3 Å². The molecule has 1 N–H and O–H groups in total. The Kier molecular flexibility index (Phi) is 7.17. The van der Waals surface area contributed by atoms with Crippen LogP contribution in [0.25, 0.3) is 11.1 Å². The highest BCUT2D eigenvalue weighted by molar-refractivity contribution is 6.02. The van der Waals surface area contributed by atoms with Crippen molar-refractivity contribution in [2.45, 2.75) is 26.1 Å². The number of phenols is 1. The molecule has 3 aromatic carbocycles. The van der Waals surface area contributed by atoms with E-state index in [4.69, 9.17) is 14.2 Å². The molecule has 0 aromatic heterocycles. The average Bonchev–Trinajstić information content (AvgIpc) is 2.90. The number of halogens is 2. The summed E-state index contributed by atoms with van der Waals surface area (Å²) in [6.45, 7) is 3.35. The molecule has 1 saturated heterocycles. The molecule has 37 heavy (non-hydrogen) atoms. The smallest absolute Gasteiger partial charge is 0.159 e. The van der Waals surface area contributed by atoms with Crippen molar-refractivity contribution in [2.24, 2.45) is 5.92 Å². The van der Waals surface area contributed by atoms with Gasteiger partial charge in [0.15, 0.2) is 6.29 Å². The number of anilines is 1. The molecular formula is C30H31F2NO4. The number of hydrogen-bond donors (Lipinski definition) is 1. The SMILES string of the molecule is COC(OC)C1CCN(c2ccc(C3=C(c4ccc(F)c(C)c4)COc4cc(O)ccc43)cc2F)CC1. The first-order chi connectivity index (χ1) is 17.9. The lowest BCUT2D eigenvalue weighted by molar-refractivity contribution is -0.141. The van der Waals surface area contributed by atoms with Gasteiger partial charge >= 0.3 is 0 Å². The van der Waals surface area contributed by atoms with Crippen LogP contribution >= 0.6 is 0 Å². The maximum Gasteiger partial charge on any atom is 0.159 e. The van der Waals surface area contributed by atoms with Crippen LogP contribution in [0.3, 0.4) is 0 Å². The maximum atomic E-state index is 15.6. The molecule has 0 amide bonds. The van der Waals surface area contributed by atoms with E-state index in [9.17, 15) is 9.50 Å². The lowest BCUT2D eigenvalue weighted by atomic mass is 9.87. The van der Waals surface area contributed by atoms with Crippen LogP contribution < -0.4 is 9.64 Å². The second kappa shape index (κ2) is 10.5. The number of ether oxygens (including phenoxy) is 3. The first-order valence-electron chi connectivity index (χ1n) is 12.5. The van der Waals surface area contributed by atoms with Gasteiger partial charge in [-0.25, -0.2) is 8.78 Å². The van der Waals surface area contributed by atoms with Gasteiger partial charge < -0.3 is 24.2 Å². The van der Waals surface area contributed by atoms with Gasteiger partial charge in [-0.2, -0.15) is 0 Å². The average molecular weight is 508 g/mol. The van der Waals surface area contributed by atoms with E-state index in [0.29, 0.717) is 35.7 Å². The molecule has 5 rings (SSSR count). The fourth-order valence-electron chi connectivity index (χ4n) is 5.42. The summed E-state index contributed by atoms with van der Waals surface area (Å²) in [6, 6.07) is 15.2. The predicted octanol–water partition coefficient (Wildman–Crippen LogP) is 6.17. The minimum absolute atomic E-state index is 0.0910. The third kappa shape index (κ3) is 4.93. The van der Waals surface area contributed by atoms with E-state index in [-0.39, 0.29) is 36.2 Å². The van der Waals surface area contributed by atoms with Crippen molar-refractivity contribution in [2.75, 3.05) is 38.8 Å². The molecule has 2 heterocycles.